The van der Waals surface area contributed by atoms with Crippen LogP contribution in [0.5, 0.6) is 0 Å². The quantitative estimate of drug-likeness (QED) is 0.261. The summed E-state index contributed by atoms with van der Waals surface area (Å²) in [6.45, 7) is 7.24. The lowest BCUT2D eigenvalue weighted by molar-refractivity contribution is -0.127. The summed E-state index contributed by atoms with van der Waals surface area (Å²) >= 11 is 0. The SMILES string of the molecule is CCN1CCCC1CNC(=NCC(=O)N(C)C)NCC1(CCOC)CCCC1.I. The molecule has 7 nitrogen and oxygen atoms in total. The van der Waals surface area contributed by atoms with Crippen molar-refractivity contribution in [2.75, 3.05) is 60.5 Å². The standard InChI is InChI=1S/C21H41N5O2.HI/c1-5-26-13-8-9-18(26)15-22-20(23-16-19(27)25(2)3)24-17-21(12-14-28-4)10-6-7-11-21;/h18H,5-17H2,1-4H3,(H2,22,23,24);1H. The van der Waals surface area contributed by atoms with Gasteiger partial charge in [-0.2, -0.15) is 0 Å². The number of likely N-dealkylation sites (tertiary alicyclic amines) is 1. The molecule has 1 aliphatic carbocycles. The molecule has 1 amide bonds. The Balaban J connectivity index is 0.00000420. The molecule has 1 saturated heterocycles. The minimum Gasteiger partial charge on any atom is -0.385 e. The first-order valence-corrected chi connectivity index (χ1v) is 10.9. The van der Waals surface area contributed by atoms with Crippen LogP contribution in [0.3, 0.4) is 0 Å². The summed E-state index contributed by atoms with van der Waals surface area (Å²) in [7, 11) is 5.32. The zero-order valence-electron chi connectivity index (χ0n) is 18.8. The second-order valence-corrected chi connectivity index (χ2v) is 8.56. The highest BCUT2D eigenvalue weighted by molar-refractivity contribution is 14.0. The van der Waals surface area contributed by atoms with Crippen LogP contribution in [0.25, 0.3) is 0 Å². The fraction of sp³-hybridized carbons (Fsp3) is 0.905. The monoisotopic (exact) mass is 523 g/mol. The number of amides is 1. The lowest BCUT2D eigenvalue weighted by atomic mass is 9.83. The number of hydrogen-bond donors (Lipinski definition) is 2. The fourth-order valence-electron chi connectivity index (χ4n) is 4.45. The molecule has 2 rings (SSSR count). The van der Waals surface area contributed by atoms with Crippen LogP contribution in [-0.4, -0.2) is 88.2 Å². The van der Waals surface area contributed by atoms with E-state index in [0.29, 0.717) is 6.04 Å². The van der Waals surface area contributed by atoms with Gasteiger partial charge < -0.3 is 20.3 Å². The number of halogens is 1. The van der Waals surface area contributed by atoms with Gasteiger partial charge in [-0.3, -0.25) is 9.69 Å². The van der Waals surface area contributed by atoms with E-state index in [4.69, 9.17) is 4.74 Å². The van der Waals surface area contributed by atoms with Gasteiger partial charge >= 0.3 is 0 Å². The molecule has 0 aromatic carbocycles. The first-order valence-electron chi connectivity index (χ1n) is 10.9. The number of carbonyl (C=O) groups excluding carboxylic acids is 1. The molecule has 1 heterocycles. The molecular weight excluding hydrogens is 481 g/mol. The van der Waals surface area contributed by atoms with Crippen LogP contribution >= 0.6 is 24.0 Å². The smallest absolute Gasteiger partial charge is 0.243 e. The van der Waals surface area contributed by atoms with Crippen LogP contribution in [0, 0.1) is 5.41 Å². The van der Waals surface area contributed by atoms with E-state index in [-0.39, 0.29) is 41.8 Å². The number of likely N-dealkylation sites (N-methyl/N-ethyl adjacent to an activating group) is 2. The molecule has 1 unspecified atom stereocenters. The first kappa shape index (κ1) is 26.4. The van der Waals surface area contributed by atoms with Crippen molar-refractivity contribution in [1.29, 1.82) is 0 Å². The number of rotatable bonds is 10. The Morgan fingerprint density at radius 1 is 1.24 bits per heavy atom. The summed E-state index contributed by atoms with van der Waals surface area (Å²) in [5.41, 5.74) is 0.285. The zero-order valence-corrected chi connectivity index (χ0v) is 21.2. The average molecular weight is 524 g/mol. The van der Waals surface area contributed by atoms with Gasteiger partial charge in [-0.25, -0.2) is 4.99 Å². The van der Waals surface area contributed by atoms with E-state index in [0.717, 1.165) is 38.6 Å². The van der Waals surface area contributed by atoms with Crippen molar-refractivity contribution < 1.29 is 9.53 Å². The summed E-state index contributed by atoms with van der Waals surface area (Å²) in [5.74, 6) is 0.786. The highest BCUT2D eigenvalue weighted by atomic mass is 127. The van der Waals surface area contributed by atoms with Crippen LogP contribution in [0.1, 0.15) is 51.9 Å². The van der Waals surface area contributed by atoms with E-state index in [1.807, 2.05) is 0 Å². The first-order chi connectivity index (χ1) is 13.5. The molecule has 0 spiro atoms. The molecule has 0 aromatic heterocycles. The van der Waals surface area contributed by atoms with Crippen molar-refractivity contribution in [3.05, 3.63) is 0 Å². The van der Waals surface area contributed by atoms with Crippen molar-refractivity contribution in [3.63, 3.8) is 0 Å². The van der Waals surface area contributed by atoms with Gasteiger partial charge in [0.2, 0.25) is 5.91 Å². The van der Waals surface area contributed by atoms with Crippen molar-refractivity contribution in [3.8, 4) is 0 Å². The summed E-state index contributed by atoms with van der Waals surface area (Å²) in [5, 5.41) is 7.07. The van der Waals surface area contributed by atoms with Crippen molar-refractivity contribution in [2.24, 2.45) is 10.4 Å². The maximum Gasteiger partial charge on any atom is 0.243 e. The van der Waals surface area contributed by atoms with Crippen molar-refractivity contribution >= 4 is 35.8 Å². The Morgan fingerprint density at radius 2 is 1.97 bits per heavy atom. The second kappa shape index (κ2) is 13.6. The molecule has 1 aliphatic heterocycles. The summed E-state index contributed by atoms with van der Waals surface area (Å²) in [4.78, 5) is 20.7. The number of nitrogens with zero attached hydrogens (tertiary/aromatic N) is 3. The molecule has 8 heteroatoms. The molecule has 29 heavy (non-hydrogen) atoms. The lowest BCUT2D eigenvalue weighted by Gasteiger charge is -2.30. The Morgan fingerprint density at radius 3 is 2.59 bits per heavy atom. The third-order valence-corrected chi connectivity index (χ3v) is 6.41. The summed E-state index contributed by atoms with van der Waals surface area (Å²) in [6.07, 6.45) is 8.61. The van der Waals surface area contributed by atoms with Crippen LogP contribution in [-0.2, 0) is 9.53 Å². The lowest BCUT2D eigenvalue weighted by Crippen LogP contribution is -2.48. The molecular formula is C21H42IN5O2. The number of carbonyl (C=O) groups is 1. The Hall–Kier alpha value is -0.610. The van der Waals surface area contributed by atoms with Crippen LogP contribution in [0.2, 0.25) is 0 Å². The van der Waals surface area contributed by atoms with Gasteiger partial charge in [0.05, 0.1) is 0 Å². The van der Waals surface area contributed by atoms with Crippen molar-refractivity contribution in [1.82, 2.24) is 20.4 Å². The Bertz CT molecular complexity index is 509. The number of nitrogens with one attached hydrogen (secondary N) is 2. The van der Waals surface area contributed by atoms with E-state index >= 15 is 0 Å². The molecule has 2 N–H and O–H groups in total. The Kier molecular flexibility index (Phi) is 12.4. The minimum absolute atomic E-state index is 0. The molecule has 2 fully saturated rings. The van der Waals surface area contributed by atoms with E-state index in [9.17, 15) is 4.79 Å². The molecule has 0 bridgehead atoms. The van der Waals surface area contributed by atoms with Gasteiger partial charge in [-0.1, -0.05) is 19.8 Å². The normalized spacial score (nSPS) is 21.7. The van der Waals surface area contributed by atoms with Crippen LogP contribution in [0.4, 0.5) is 0 Å². The van der Waals surface area contributed by atoms with E-state index in [1.165, 1.54) is 45.1 Å². The summed E-state index contributed by atoms with van der Waals surface area (Å²) < 4.78 is 5.35. The number of guanidine groups is 1. The van der Waals surface area contributed by atoms with Gasteiger partial charge in [-0.05, 0) is 50.6 Å². The topological polar surface area (TPSA) is 69.2 Å². The second-order valence-electron chi connectivity index (χ2n) is 8.56. The molecule has 1 saturated carbocycles. The highest BCUT2D eigenvalue weighted by Crippen LogP contribution is 2.40. The molecule has 1 atom stereocenters. The van der Waals surface area contributed by atoms with Crippen molar-refractivity contribution in [2.45, 2.75) is 57.9 Å². The molecule has 170 valence electrons. The third-order valence-electron chi connectivity index (χ3n) is 6.41. The molecule has 0 aromatic rings. The van der Waals surface area contributed by atoms with Crippen LogP contribution < -0.4 is 10.6 Å². The van der Waals surface area contributed by atoms with Crippen LogP contribution in [0.15, 0.2) is 4.99 Å². The van der Waals surface area contributed by atoms with Gasteiger partial charge in [0.1, 0.15) is 6.54 Å². The molecule has 2 aliphatic rings. The fourth-order valence-corrected chi connectivity index (χ4v) is 4.45. The van der Waals surface area contributed by atoms with Gasteiger partial charge in [-0.15, -0.1) is 24.0 Å². The predicted octanol–water partition coefficient (Wildman–Crippen LogP) is 2.31. The number of aliphatic imine (C=N–C) groups is 1. The van der Waals surface area contributed by atoms with Gasteiger partial charge in [0.15, 0.2) is 5.96 Å². The highest BCUT2D eigenvalue weighted by Gasteiger charge is 2.33. The minimum atomic E-state index is 0. The average Bonchev–Trinajstić information content (AvgIpc) is 3.35. The maximum absolute atomic E-state index is 12.0. The van der Waals surface area contributed by atoms with Gasteiger partial charge in [0, 0.05) is 46.9 Å². The van der Waals surface area contributed by atoms with E-state index in [2.05, 4.69) is 27.4 Å². The largest absolute Gasteiger partial charge is 0.385 e. The number of hydrogen-bond acceptors (Lipinski definition) is 4. The van der Waals surface area contributed by atoms with E-state index < -0.39 is 0 Å². The van der Waals surface area contributed by atoms with E-state index in [1.54, 1.807) is 26.1 Å². The molecule has 0 radical (unpaired) electrons. The number of ether oxygens (including phenoxy) is 1. The maximum atomic E-state index is 12.0. The zero-order chi connectivity index (χ0) is 20.4. The summed E-state index contributed by atoms with van der Waals surface area (Å²) in [6, 6.07) is 0.551. The number of methoxy groups -OCH3 is 1. The Labute approximate surface area is 194 Å². The third kappa shape index (κ3) is 8.57. The van der Waals surface area contributed by atoms with Gasteiger partial charge in [0.25, 0.3) is 0 Å². The predicted molar refractivity (Wildman–Crippen MR) is 130 cm³/mol.